The molecule has 1 aromatic rings. The Labute approximate surface area is 157 Å². The van der Waals surface area contributed by atoms with Crippen molar-refractivity contribution in [2.24, 2.45) is 5.92 Å². The van der Waals surface area contributed by atoms with Crippen LogP contribution in [0.3, 0.4) is 0 Å². The van der Waals surface area contributed by atoms with Gasteiger partial charge in [0.25, 0.3) is 0 Å². The molecule has 1 aliphatic carbocycles. The molecule has 1 saturated heterocycles. The van der Waals surface area contributed by atoms with Gasteiger partial charge in [-0.1, -0.05) is 48.0 Å². The minimum atomic E-state index is 0.0799. The highest BCUT2D eigenvalue weighted by Crippen LogP contribution is 2.43. The first kappa shape index (κ1) is 18.1. The molecule has 1 aromatic carbocycles. The molecule has 1 amide bonds. The van der Waals surface area contributed by atoms with E-state index in [1.807, 2.05) is 23.9 Å². The van der Waals surface area contributed by atoms with Gasteiger partial charge in [0.1, 0.15) is 11.1 Å². The molecule has 1 aliphatic heterocycles. The summed E-state index contributed by atoms with van der Waals surface area (Å²) in [5.41, 5.74) is 1.10. The molecule has 5 heteroatoms. The van der Waals surface area contributed by atoms with Gasteiger partial charge >= 0.3 is 0 Å². The van der Waals surface area contributed by atoms with Crippen molar-refractivity contribution in [2.45, 2.75) is 50.3 Å². The highest BCUT2D eigenvalue weighted by molar-refractivity contribution is 9.10. The molecule has 0 aromatic heterocycles. The first-order chi connectivity index (χ1) is 11.7. The third-order valence-electron chi connectivity index (χ3n) is 5.16. The quantitative estimate of drug-likeness (QED) is 0.649. The van der Waals surface area contributed by atoms with Gasteiger partial charge in [-0.2, -0.15) is 0 Å². The fraction of sp³-hybridized carbons (Fsp3) is 0.632. The molecule has 132 valence electrons. The summed E-state index contributed by atoms with van der Waals surface area (Å²) in [5.74, 6) is 2.92. The van der Waals surface area contributed by atoms with Crippen LogP contribution in [-0.4, -0.2) is 30.2 Å². The highest BCUT2D eigenvalue weighted by Gasteiger charge is 2.32. The maximum Gasteiger partial charge on any atom is 0.223 e. The van der Waals surface area contributed by atoms with Crippen molar-refractivity contribution in [2.75, 3.05) is 19.4 Å². The van der Waals surface area contributed by atoms with Crippen molar-refractivity contribution in [3.8, 4) is 5.75 Å². The molecule has 0 radical (unpaired) electrons. The van der Waals surface area contributed by atoms with Crippen LogP contribution in [0.2, 0.25) is 0 Å². The number of hydrogen-bond acceptors (Lipinski definition) is 3. The maximum atomic E-state index is 12.8. The molecule has 2 fully saturated rings. The second-order valence-corrected chi connectivity index (χ2v) is 8.84. The van der Waals surface area contributed by atoms with Crippen LogP contribution < -0.4 is 4.74 Å². The van der Waals surface area contributed by atoms with Crippen LogP contribution in [0, 0.1) is 5.92 Å². The third kappa shape index (κ3) is 4.29. The summed E-state index contributed by atoms with van der Waals surface area (Å²) in [4.78, 5) is 14.9. The number of halogens is 1. The number of rotatable bonds is 5. The largest absolute Gasteiger partial charge is 0.496 e. The van der Waals surface area contributed by atoms with Gasteiger partial charge in [0.15, 0.2) is 0 Å². The van der Waals surface area contributed by atoms with E-state index in [1.165, 1.54) is 32.1 Å². The summed E-state index contributed by atoms with van der Waals surface area (Å²) < 4.78 is 6.55. The fourth-order valence-corrected chi connectivity index (χ4v) is 5.50. The second kappa shape index (κ2) is 8.61. The second-order valence-electron chi connectivity index (χ2n) is 6.74. The van der Waals surface area contributed by atoms with Crippen molar-refractivity contribution >= 4 is 33.6 Å². The van der Waals surface area contributed by atoms with Crippen LogP contribution in [0.25, 0.3) is 0 Å². The number of carbonyl (C=O) groups excluding carboxylic acids is 1. The van der Waals surface area contributed by atoms with Crippen molar-refractivity contribution in [1.29, 1.82) is 0 Å². The van der Waals surface area contributed by atoms with Crippen molar-refractivity contribution in [3.05, 3.63) is 28.2 Å². The van der Waals surface area contributed by atoms with E-state index in [0.717, 1.165) is 40.4 Å². The Kier molecular flexibility index (Phi) is 6.50. The molecule has 0 spiro atoms. The molecule has 24 heavy (non-hydrogen) atoms. The van der Waals surface area contributed by atoms with Crippen LogP contribution in [0.15, 0.2) is 22.7 Å². The van der Waals surface area contributed by atoms with Gasteiger partial charge in [0.2, 0.25) is 5.91 Å². The molecular formula is C19H26BrNO2S. The lowest BCUT2D eigenvalue weighted by atomic mass is 9.86. The summed E-state index contributed by atoms with van der Waals surface area (Å²) in [6, 6.07) is 6.05. The normalized spacial score (nSPS) is 21.9. The molecule has 1 heterocycles. The average Bonchev–Trinajstić information content (AvgIpc) is 3.10. The zero-order valence-corrected chi connectivity index (χ0v) is 16.7. The average molecular weight is 412 g/mol. The van der Waals surface area contributed by atoms with Gasteiger partial charge in [-0.05, 0) is 30.5 Å². The first-order valence-electron chi connectivity index (χ1n) is 8.93. The van der Waals surface area contributed by atoms with Crippen molar-refractivity contribution < 1.29 is 9.53 Å². The van der Waals surface area contributed by atoms with E-state index in [2.05, 4.69) is 26.9 Å². The van der Waals surface area contributed by atoms with E-state index in [4.69, 9.17) is 4.74 Å². The topological polar surface area (TPSA) is 29.5 Å². The van der Waals surface area contributed by atoms with E-state index in [-0.39, 0.29) is 5.37 Å². The number of benzene rings is 1. The summed E-state index contributed by atoms with van der Waals surface area (Å²) in [6.07, 6.45) is 8.43. The fourth-order valence-electron chi connectivity index (χ4n) is 3.83. The Hall–Kier alpha value is -0.680. The number of nitrogens with zero attached hydrogens (tertiary/aromatic N) is 1. The predicted octanol–water partition coefficient (Wildman–Crippen LogP) is 5.39. The standard InChI is InChI=1S/C19H26BrNO2S/c1-23-17-9-8-15(20)13-16(17)19-21(11-12-24-19)18(22)10-7-14-5-3-2-4-6-14/h8-9,13-14,19H,2-7,10-12H2,1H3. The zero-order valence-electron chi connectivity index (χ0n) is 14.3. The highest BCUT2D eigenvalue weighted by atomic mass is 79.9. The molecule has 0 bridgehead atoms. The Morgan fingerprint density at radius 2 is 2.12 bits per heavy atom. The molecular weight excluding hydrogens is 386 g/mol. The lowest BCUT2D eigenvalue weighted by molar-refractivity contribution is -0.131. The van der Waals surface area contributed by atoms with Crippen molar-refractivity contribution in [3.63, 3.8) is 0 Å². The molecule has 3 nitrogen and oxygen atoms in total. The zero-order chi connectivity index (χ0) is 16.9. The van der Waals surface area contributed by atoms with Crippen LogP contribution in [-0.2, 0) is 4.79 Å². The molecule has 1 atom stereocenters. The third-order valence-corrected chi connectivity index (χ3v) is 6.90. The number of hydrogen-bond donors (Lipinski definition) is 0. The first-order valence-corrected chi connectivity index (χ1v) is 10.8. The Balaban J connectivity index is 1.66. The van der Waals surface area contributed by atoms with Gasteiger partial charge in [0, 0.05) is 28.8 Å². The van der Waals surface area contributed by atoms with Gasteiger partial charge < -0.3 is 9.64 Å². The molecule has 2 aliphatic rings. The monoisotopic (exact) mass is 411 g/mol. The number of thioether (sulfide) groups is 1. The minimum Gasteiger partial charge on any atom is -0.496 e. The van der Waals surface area contributed by atoms with Crippen LogP contribution in [0.1, 0.15) is 55.9 Å². The Morgan fingerprint density at radius 3 is 2.88 bits per heavy atom. The summed E-state index contributed by atoms with van der Waals surface area (Å²) in [5, 5.41) is 0.0799. The van der Waals surface area contributed by atoms with Gasteiger partial charge in [0.05, 0.1) is 7.11 Å². The van der Waals surface area contributed by atoms with Gasteiger partial charge in [-0.15, -0.1) is 11.8 Å². The number of amides is 1. The Bertz CT molecular complexity index is 574. The van der Waals surface area contributed by atoms with Crippen LogP contribution >= 0.6 is 27.7 Å². The Morgan fingerprint density at radius 1 is 1.33 bits per heavy atom. The molecule has 1 saturated carbocycles. The molecule has 1 unspecified atom stereocenters. The van der Waals surface area contributed by atoms with E-state index >= 15 is 0 Å². The number of ether oxygens (including phenoxy) is 1. The minimum absolute atomic E-state index is 0.0799. The number of carbonyl (C=O) groups is 1. The van der Waals surface area contributed by atoms with Crippen molar-refractivity contribution in [1.82, 2.24) is 4.90 Å². The van der Waals surface area contributed by atoms with E-state index in [0.29, 0.717) is 12.3 Å². The van der Waals surface area contributed by atoms with E-state index < -0.39 is 0 Å². The predicted molar refractivity (Wildman–Crippen MR) is 103 cm³/mol. The summed E-state index contributed by atoms with van der Waals surface area (Å²) in [7, 11) is 1.70. The summed E-state index contributed by atoms with van der Waals surface area (Å²) >= 11 is 5.38. The van der Waals surface area contributed by atoms with Crippen LogP contribution in [0.5, 0.6) is 5.75 Å². The number of methoxy groups -OCH3 is 1. The molecule has 0 N–H and O–H groups in total. The summed E-state index contributed by atoms with van der Waals surface area (Å²) in [6.45, 7) is 0.842. The smallest absolute Gasteiger partial charge is 0.223 e. The lowest BCUT2D eigenvalue weighted by Gasteiger charge is -2.27. The van der Waals surface area contributed by atoms with Gasteiger partial charge in [-0.25, -0.2) is 0 Å². The lowest BCUT2D eigenvalue weighted by Crippen LogP contribution is -2.30. The van der Waals surface area contributed by atoms with E-state index in [1.54, 1.807) is 7.11 Å². The molecule has 3 rings (SSSR count). The van der Waals surface area contributed by atoms with Crippen LogP contribution in [0.4, 0.5) is 0 Å². The van der Waals surface area contributed by atoms with E-state index in [9.17, 15) is 4.79 Å². The maximum absolute atomic E-state index is 12.8. The van der Waals surface area contributed by atoms with Gasteiger partial charge in [-0.3, -0.25) is 4.79 Å². The SMILES string of the molecule is COc1ccc(Br)cc1C1SCCN1C(=O)CCC1CCCCC1.